The maximum atomic E-state index is 13.1. The van der Waals surface area contributed by atoms with Crippen molar-refractivity contribution in [3.63, 3.8) is 0 Å². The largest absolute Gasteiger partial charge is 0.494 e. The average Bonchev–Trinajstić information content (AvgIpc) is 2.93. The fourth-order valence-corrected chi connectivity index (χ4v) is 5.79. The van der Waals surface area contributed by atoms with Crippen LogP contribution >= 0.6 is 11.6 Å². The highest BCUT2D eigenvalue weighted by Crippen LogP contribution is 2.25. The molecule has 5 nitrogen and oxygen atoms in total. The summed E-state index contributed by atoms with van der Waals surface area (Å²) in [5.41, 5.74) is 2.95. The van der Waals surface area contributed by atoms with Gasteiger partial charge in [-0.1, -0.05) is 72.3 Å². The lowest BCUT2D eigenvalue weighted by molar-refractivity contribution is 0.109. The molecular formula is C31H32ClNO4S. The number of aliphatic hydroxyl groups excluding tert-OH is 1. The molecule has 7 heteroatoms. The Morgan fingerprint density at radius 3 is 2.29 bits per heavy atom. The SMILES string of the molecule is CCOc1cccc(S(=O)(=O)c2ccc(CCN(Cc3ccccc3)CC(O)c3cccc(Cl)c3)cc2)c1. The molecule has 0 aliphatic heterocycles. The van der Waals surface area contributed by atoms with Crippen LogP contribution in [0.5, 0.6) is 5.75 Å². The first-order valence-electron chi connectivity index (χ1n) is 12.6. The van der Waals surface area contributed by atoms with Crippen molar-refractivity contribution < 1.29 is 18.3 Å². The predicted octanol–water partition coefficient (Wildman–Crippen LogP) is 6.35. The minimum Gasteiger partial charge on any atom is -0.494 e. The Morgan fingerprint density at radius 1 is 0.842 bits per heavy atom. The first-order chi connectivity index (χ1) is 18.3. The number of hydrogen-bond donors (Lipinski definition) is 1. The smallest absolute Gasteiger partial charge is 0.206 e. The lowest BCUT2D eigenvalue weighted by Gasteiger charge is -2.25. The average molecular weight is 550 g/mol. The lowest BCUT2D eigenvalue weighted by atomic mass is 10.1. The second kappa shape index (κ2) is 13.1. The molecule has 0 aliphatic rings. The van der Waals surface area contributed by atoms with Gasteiger partial charge in [0.2, 0.25) is 9.84 Å². The van der Waals surface area contributed by atoms with E-state index >= 15 is 0 Å². The van der Waals surface area contributed by atoms with E-state index in [2.05, 4.69) is 17.0 Å². The van der Waals surface area contributed by atoms with Gasteiger partial charge >= 0.3 is 0 Å². The predicted molar refractivity (Wildman–Crippen MR) is 151 cm³/mol. The molecule has 0 bridgehead atoms. The van der Waals surface area contributed by atoms with Crippen molar-refractivity contribution in [1.29, 1.82) is 0 Å². The highest BCUT2D eigenvalue weighted by atomic mass is 35.5. The molecule has 0 aromatic heterocycles. The molecule has 4 aromatic carbocycles. The van der Waals surface area contributed by atoms with E-state index in [0.29, 0.717) is 43.4 Å². The Hall–Kier alpha value is -3.16. The summed E-state index contributed by atoms with van der Waals surface area (Å²) in [6.07, 6.45) is 0.0206. The minimum absolute atomic E-state index is 0.209. The summed E-state index contributed by atoms with van der Waals surface area (Å²) >= 11 is 6.13. The summed E-state index contributed by atoms with van der Waals surface area (Å²) in [7, 11) is -3.65. The molecule has 4 aromatic rings. The van der Waals surface area contributed by atoms with Crippen LogP contribution in [0.4, 0.5) is 0 Å². The van der Waals surface area contributed by atoms with Crippen LogP contribution in [-0.4, -0.2) is 38.1 Å². The Labute approximate surface area is 230 Å². The third-order valence-electron chi connectivity index (χ3n) is 6.29. The fraction of sp³-hybridized carbons (Fsp3) is 0.226. The highest BCUT2D eigenvalue weighted by Gasteiger charge is 2.19. The Bertz CT molecular complexity index is 1430. The molecule has 0 aliphatic carbocycles. The van der Waals surface area contributed by atoms with Crippen molar-refractivity contribution >= 4 is 21.4 Å². The molecule has 1 N–H and O–H groups in total. The second-order valence-electron chi connectivity index (χ2n) is 9.10. The monoisotopic (exact) mass is 549 g/mol. The maximum absolute atomic E-state index is 13.1. The third kappa shape index (κ3) is 7.45. The Balaban J connectivity index is 1.46. The van der Waals surface area contributed by atoms with Gasteiger partial charge in [0.25, 0.3) is 0 Å². The molecule has 0 saturated carbocycles. The summed E-state index contributed by atoms with van der Waals surface area (Å²) < 4.78 is 31.8. The van der Waals surface area contributed by atoms with Gasteiger partial charge in [-0.15, -0.1) is 0 Å². The van der Waals surface area contributed by atoms with Crippen molar-refractivity contribution in [2.75, 3.05) is 19.7 Å². The summed E-state index contributed by atoms with van der Waals surface area (Å²) in [4.78, 5) is 2.65. The quantitative estimate of drug-likeness (QED) is 0.223. The lowest BCUT2D eigenvalue weighted by Crippen LogP contribution is -2.30. The van der Waals surface area contributed by atoms with Gasteiger partial charge in [0.05, 0.1) is 22.5 Å². The van der Waals surface area contributed by atoms with Crippen molar-refractivity contribution in [3.8, 4) is 5.75 Å². The first-order valence-corrected chi connectivity index (χ1v) is 14.5. The molecule has 0 saturated heterocycles. The van der Waals surface area contributed by atoms with E-state index in [1.54, 1.807) is 48.5 Å². The van der Waals surface area contributed by atoms with Gasteiger partial charge in [-0.2, -0.15) is 0 Å². The van der Waals surface area contributed by atoms with E-state index in [1.807, 2.05) is 49.4 Å². The topological polar surface area (TPSA) is 66.8 Å². The van der Waals surface area contributed by atoms with E-state index in [1.165, 1.54) is 0 Å². The maximum Gasteiger partial charge on any atom is 0.206 e. The molecule has 1 unspecified atom stereocenters. The van der Waals surface area contributed by atoms with E-state index in [4.69, 9.17) is 16.3 Å². The summed E-state index contributed by atoms with van der Waals surface area (Å²) in [6.45, 7) is 4.14. The number of hydrogen-bond acceptors (Lipinski definition) is 5. The summed E-state index contributed by atoms with van der Waals surface area (Å²) in [5.74, 6) is 0.531. The Morgan fingerprint density at radius 2 is 1.58 bits per heavy atom. The van der Waals surface area contributed by atoms with Gasteiger partial charge < -0.3 is 9.84 Å². The normalized spacial score (nSPS) is 12.4. The van der Waals surface area contributed by atoms with Crippen LogP contribution in [0, 0.1) is 0 Å². The zero-order valence-corrected chi connectivity index (χ0v) is 22.9. The van der Waals surface area contributed by atoms with Gasteiger partial charge in [-0.3, -0.25) is 4.90 Å². The van der Waals surface area contributed by atoms with E-state index in [0.717, 1.165) is 16.7 Å². The van der Waals surface area contributed by atoms with Crippen LogP contribution in [0.2, 0.25) is 5.02 Å². The zero-order chi connectivity index (χ0) is 27.0. The minimum atomic E-state index is -3.65. The third-order valence-corrected chi connectivity index (χ3v) is 8.29. The van der Waals surface area contributed by atoms with Gasteiger partial charge in [-0.25, -0.2) is 8.42 Å². The van der Waals surface area contributed by atoms with Crippen LogP contribution in [0.1, 0.15) is 29.7 Å². The number of rotatable bonds is 12. The van der Waals surface area contributed by atoms with Gasteiger partial charge in [0, 0.05) is 24.7 Å². The van der Waals surface area contributed by atoms with Crippen molar-refractivity contribution in [2.45, 2.75) is 35.8 Å². The number of sulfone groups is 1. The molecule has 1 atom stereocenters. The van der Waals surface area contributed by atoms with Crippen molar-refractivity contribution in [1.82, 2.24) is 4.90 Å². The van der Waals surface area contributed by atoms with Gasteiger partial charge in [0.1, 0.15) is 5.75 Å². The van der Waals surface area contributed by atoms with Gasteiger partial charge in [-0.05, 0) is 72.5 Å². The highest BCUT2D eigenvalue weighted by molar-refractivity contribution is 7.91. The summed E-state index contributed by atoms with van der Waals surface area (Å²) in [5, 5.41) is 11.5. The molecule has 0 amide bonds. The standard InChI is InChI=1S/C31H32ClNO4S/c1-2-37-28-12-7-13-30(21-28)38(35,36)29-16-14-24(15-17-29)18-19-33(22-25-8-4-3-5-9-25)23-31(34)26-10-6-11-27(32)20-26/h3-17,20-21,31,34H,2,18-19,22-23H2,1H3. The van der Waals surface area contributed by atoms with Crippen LogP contribution in [0.25, 0.3) is 0 Å². The fourth-order valence-electron chi connectivity index (χ4n) is 4.30. The summed E-state index contributed by atoms with van der Waals surface area (Å²) in [6, 6.07) is 31.0. The van der Waals surface area contributed by atoms with Crippen molar-refractivity contribution in [2.24, 2.45) is 0 Å². The molecule has 0 fully saturated rings. The first kappa shape index (κ1) is 27.9. The van der Waals surface area contributed by atoms with E-state index in [-0.39, 0.29) is 9.79 Å². The van der Waals surface area contributed by atoms with Crippen LogP contribution in [0.15, 0.2) is 113 Å². The van der Waals surface area contributed by atoms with Crippen LogP contribution in [-0.2, 0) is 22.8 Å². The second-order valence-corrected chi connectivity index (χ2v) is 11.5. The van der Waals surface area contributed by atoms with E-state index in [9.17, 15) is 13.5 Å². The van der Waals surface area contributed by atoms with Crippen LogP contribution in [0.3, 0.4) is 0 Å². The molecule has 0 heterocycles. The number of benzene rings is 4. The molecular weight excluding hydrogens is 518 g/mol. The number of halogens is 1. The van der Waals surface area contributed by atoms with Gasteiger partial charge in [0.15, 0.2) is 0 Å². The molecule has 0 spiro atoms. The van der Waals surface area contributed by atoms with Crippen LogP contribution < -0.4 is 4.74 Å². The molecule has 4 rings (SSSR count). The molecule has 0 radical (unpaired) electrons. The molecule has 198 valence electrons. The number of nitrogens with zero attached hydrogens (tertiary/aromatic N) is 1. The zero-order valence-electron chi connectivity index (χ0n) is 21.3. The van der Waals surface area contributed by atoms with Crippen molar-refractivity contribution in [3.05, 3.63) is 125 Å². The molecule has 38 heavy (non-hydrogen) atoms. The van der Waals surface area contributed by atoms with E-state index < -0.39 is 15.9 Å². The Kier molecular flexibility index (Phi) is 9.58. The number of ether oxygens (including phenoxy) is 1. The number of aliphatic hydroxyl groups is 1.